The first-order valence-electron chi connectivity index (χ1n) is 15.8. The lowest BCUT2D eigenvalue weighted by molar-refractivity contribution is -0.120. The van der Waals surface area contributed by atoms with Crippen LogP contribution in [0.5, 0.6) is 0 Å². The number of thioether (sulfide) groups is 1. The van der Waals surface area contributed by atoms with Crippen LogP contribution in [-0.2, 0) is 37.4 Å². The first-order valence-corrected chi connectivity index (χ1v) is 18.7. The van der Waals surface area contributed by atoms with Crippen molar-refractivity contribution in [3.63, 3.8) is 0 Å². The highest BCUT2D eigenvalue weighted by atomic mass is 32.2. The van der Waals surface area contributed by atoms with Crippen molar-refractivity contribution in [1.82, 2.24) is 10.6 Å². The molecule has 0 aromatic rings. The quantitative estimate of drug-likeness (QED) is 0.0686. The van der Waals surface area contributed by atoms with E-state index in [1.807, 2.05) is 0 Å². The SMILES string of the molecule is CCCCCCCCCCNC(=O)OCCCSCCC(=O)NCCOCCOCCOCCP(=O)(OCC)OCC. The van der Waals surface area contributed by atoms with E-state index in [0.717, 1.165) is 30.8 Å². The van der Waals surface area contributed by atoms with Gasteiger partial charge in [-0.15, -0.1) is 0 Å². The van der Waals surface area contributed by atoms with Crippen LogP contribution in [0, 0.1) is 0 Å². The molecule has 42 heavy (non-hydrogen) atoms. The molecular weight excluding hydrogens is 583 g/mol. The van der Waals surface area contributed by atoms with Gasteiger partial charge in [0.15, 0.2) is 0 Å². The minimum Gasteiger partial charge on any atom is -0.450 e. The third-order valence-corrected chi connectivity index (χ3v) is 9.02. The Bertz CT molecular complexity index is 667. The number of ether oxygens (including phenoxy) is 4. The minimum atomic E-state index is -3.06. The predicted molar refractivity (Wildman–Crippen MR) is 170 cm³/mol. The second-order valence-corrected chi connectivity index (χ2v) is 13.0. The zero-order valence-corrected chi connectivity index (χ0v) is 28.2. The van der Waals surface area contributed by atoms with Gasteiger partial charge in [0.05, 0.1) is 65.6 Å². The van der Waals surface area contributed by atoms with Crippen LogP contribution in [0.25, 0.3) is 0 Å². The van der Waals surface area contributed by atoms with Gasteiger partial charge in [-0.05, 0) is 32.4 Å². The van der Waals surface area contributed by atoms with Crippen molar-refractivity contribution >= 4 is 31.4 Å². The summed E-state index contributed by atoms with van der Waals surface area (Å²) in [5, 5.41) is 5.65. The van der Waals surface area contributed by atoms with Gasteiger partial charge < -0.3 is 38.6 Å². The molecule has 0 aliphatic heterocycles. The summed E-state index contributed by atoms with van der Waals surface area (Å²) in [6.07, 6.45) is 11.0. The zero-order chi connectivity index (χ0) is 31.0. The molecule has 0 radical (unpaired) electrons. The molecule has 0 aromatic heterocycles. The highest BCUT2D eigenvalue weighted by Gasteiger charge is 2.22. The lowest BCUT2D eigenvalue weighted by atomic mass is 10.1. The fraction of sp³-hybridized carbons (Fsp3) is 0.931. The number of hydrogen-bond donors (Lipinski definition) is 2. The minimum absolute atomic E-state index is 0.00527. The summed E-state index contributed by atoms with van der Waals surface area (Å²) in [4.78, 5) is 23.6. The highest BCUT2D eigenvalue weighted by Crippen LogP contribution is 2.47. The fourth-order valence-corrected chi connectivity index (χ4v) is 6.05. The second kappa shape index (κ2) is 31.5. The molecule has 2 N–H and O–H groups in total. The fourth-order valence-electron chi connectivity index (χ4n) is 3.72. The summed E-state index contributed by atoms with van der Waals surface area (Å²) in [5.74, 6) is 1.56. The Morgan fingerprint density at radius 1 is 0.643 bits per heavy atom. The molecule has 250 valence electrons. The lowest BCUT2D eigenvalue weighted by Crippen LogP contribution is -2.28. The Morgan fingerprint density at radius 3 is 1.88 bits per heavy atom. The number of rotatable bonds is 32. The Balaban J connectivity index is 3.37. The summed E-state index contributed by atoms with van der Waals surface area (Å²) in [6, 6.07) is 0. The molecule has 0 heterocycles. The van der Waals surface area contributed by atoms with E-state index in [1.165, 1.54) is 38.5 Å². The summed E-state index contributed by atoms with van der Waals surface area (Å²) in [7, 11) is -3.06. The van der Waals surface area contributed by atoms with Crippen LogP contribution < -0.4 is 10.6 Å². The van der Waals surface area contributed by atoms with Gasteiger partial charge in [0.25, 0.3) is 0 Å². The van der Waals surface area contributed by atoms with Crippen molar-refractivity contribution in [2.75, 3.05) is 90.2 Å². The van der Waals surface area contributed by atoms with E-state index in [2.05, 4.69) is 17.6 Å². The van der Waals surface area contributed by atoms with Crippen molar-refractivity contribution in [3.05, 3.63) is 0 Å². The molecule has 13 heteroatoms. The van der Waals surface area contributed by atoms with E-state index in [4.69, 9.17) is 28.0 Å². The van der Waals surface area contributed by atoms with Crippen LogP contribution in [0.1, 0.15) is 85.0 Å². The van der Waals surface area contributed by atoms with Gasteiger partial charge in [-0.1, -0.05) is 51.9 Å². The number of amides is 2. The number of nitrogens with one attached hydrogen (secondary N) is 2. The van der Waals surface area contributed by atoms with E-state index in [0.29, 0.717) is 72.4 Å². The topological polar surface area (TPSA) is 131 Å². The van der Waals surface area contributed by atoms with Crippen LogP contribution in [0.4, 0.5) is 4.79 Å². The largest absolute Gasteiger partial charge is 0.450 e. The smallest absolute Gasteiger partial charge is 0.407 e. The molecular formula is C29H59N2O9PS. The molecule has 0 atom stereocenters. The molecule has 0 aliphatic rings. The number of carbonyl (C=O) groups is 2. The van der Waals surface area contributed by atoms with Gasteiger partial charge >= 0.3 is 13.7 Å². The van der Waals surface area contributed by atoms with E-state index in [9.17, 15) is 14.2 Å². The molecule has 2 amide bonds. The predicted octanol–water partition coefficient (Wildman–Crippen LogP) is 5.80. The van der Waals surface area contributed by atoms with Gasteiger partial charge in [0.2, 0.25) is 5.91 Å². The molecule has 0 fully saturated rings. The Labute approximate surface area is 259 Å². The maximum absolute atomic E-state index is 12.3. The van der Waals surface area contributed by atoms with E-state index >= 15 is 0 Å². The van der Waals surface area contributed by atoms with Gasteiger partial charge in [0, 0.05) is 25.3 Å². The molecule has 0 aliphatic carbocycles. The van der Waals surface area contributed by atoms with Crippen molar-refractivity contribution in [1.29, 1.82) is 0 Å². The van der Waals surface area contributed by atoms with E-state index in [-0.39, 0.29) is 24.8 Å². The zero-order valence-electron chi connectivity index (χ0n) is 26.5. The van der Waals surface area contributed by atoms with Gasteiger partial charge in [-0.25, -0.2) is 4.79 Å². The molecule has 0 aromatic carbocycles. The standard InChI is InChI=1S/C29H59N2O9PS/c1-4-7-8-9-10-11-12-13-16-31-29(33)38-18-14-26-42-27-15-28(32)30-17-19-35-20-21-36-22-23-37-24-25-41(34,39-5-2)40-6-3/h4-27H2,1-3H3,(H,30,32)(H,31,33). The maximum Gasteiger partial charge on any atom is 0.407 e. The van der Waals surface area contributed by atoms with Crippen LogP contribution >= 0.6 is 19.4 Å². The van der Waals surface area contributed by atoms with Crippen LogP contribution in [0.15, 0.2) is 0 Å². The number of unbranched alkanes of at least 4 members (excludes halogenated alkanes) is 7. The molecule has 0 bridgehead atoms. The average molecular weight is 643 g/mol. The van der Waals surface area contributed by atoms with Gasteiger partial charge in [-0.3, -0.25) is 9.36 Å². The number of hydrogen-bond acceptors (Lipinski definition) is 10. The third kappa shape index (κ3) is 29.2. The lowest BCUT2D eigenvalue weighted by Gasteiger charge is -2.16. The number of alkyl carbamates (subject to hydrolysis) is 1. The Morgan fingerprint density at radius 2 is 1.24 bits per heavy atom. The third-order valence-electron chi connectivity index (χ3n) is 5.91. The van der Waals surface area contributed by atoms with Gasteiger partial charge in [0.1, 0.15) is 0 Å². The molecule has 0 saturated heterocycles. The van der Waals surface area contributed by atoms with Crippen molar-refractivity contribution < 1.29 is 42.1 Å². The molecule has 0 unspecified atom stereocenters. The monoisotopic (exact) mass is 642 g/mol. The number of carbonyl (C=O) groups excluding carboxylic acids is 2. The second-order valence-electron chi connectivity index (χ2n) is 9.61. The van der Waals surface area contributed by atoms with Crippen molar-refractivity contribution in [3.8, 4) is 0 Å². The maximum atomic E-state index is 12.3. The summed E-state index contributed by atoms with van der Waals surface area (Å²) >= 11 is 1.68. The first kappa shape index (κ1) is 41.1. The van der Waals surface area contributed by atoms with E-state index in [1.54, 1.807) is 25.6 Å². The Kier molecular flexibility index (Phi) is 30.9. The molecule has 11 nitrogen and oxygen atoms in total. The van der Waals surface area contributed by atoms with Gasteiger partial charge in [-0.2, -0.15) is 11.8 Å². The molecule has 0 rings (SSSR count). The van der Waals surface area contributed by atoms with Crippen LogP contribution in [0.3, 0.4) is 0 Å². The van der Waals surface area contributed by atoms with Crippen LogP contribution in [-0.4, -0.2) is 102 Å². The average Bonchev–Trinajstić information content (AvgIpc) is 2.96. The summed E-state index contributed by atoms with van der Waals surface area (Å²) < 4.78 is 44.2. The normalized spacial score (nSPS) is 11.5. The van der Waals surface area contributed by atoms with Crippen molar-refractivity contribution in [2.24, 2.45) is 0 Å². The van der Waals surface area contributed by atoms with Crippen molar-refractivity contribution in [2.45, 2.75) is 85.0 Å². The summed E-state index contributed by atoms with van der Waals surface area (Å²) in [5.41, 5.74) is 0. The molecule has 0 spiro atoms. The first-order chi connectivity index (χ1) is 20.5. The highest BCUT2D eigenvalue weighted by molar-refractivity contribution is 7.99. The summed E-state index contributed by atoms with van der Waals surface area (Å²) in [6.45, 7) is 10.3. The Hall–Kier alpha value is -0.880. The van der Waals surface area contributed by atoms with Crippen LogP contribution in [0.2, 0.25) is 0 Å². The van der Waals surface area contributed by atoms with E-state index < -0.39 is 7.60 Å². The molecule has 0 saturated carbocycles.